The van der Waals surface area contributed by atoms with Crippen molar-refractivity contribution < 1.29 is 18.0 Å². The lowest BCUT2D eigenvalue weighted by Crippen LogP contribution is -2.52. The lowest BCUT2D eigenvalue weighted by Gasteiger charge is -2.33. The fraction of sp³-hybridized carbons (Fsp3) is 0.417. The van der Waals surface area contributed by atoms with Crippen LogP contribution in [0, 0.1) is 5.92 Å². The van der Waals surface area contributed by atoms with Gasteiger partial charge in [0.25, 0.3) is 0 Å². The van der Waals surface area contributed by atoms with Crippen LogP contribution < -0.4 is 9.62 Å². The molecule has 0 aliphatic rings. The highest BCUT2D eigenvalue weighted by Crippen LogP contribution is 2.28. The van der Waals surface area contributed by atoms with Gasteiger partial charge in [-0.25, -0.2) is 8.42 Å². The van der Waals surface area contributed by atoms with E-state index in [1.807, 2.05) is 13.8 Å². The lowest BCUT2D eigenvalue weighted by molar-refractivity contribution is -0.140. The maximum Gasteiger partial charge on any atom is 0.244 e. The molecule has 0 radical (unpaired) electrons. The van der Waals surface area contributed by atoms with Crippen LogP contribution in [0.5, 0.6) is 0 Å². The number of benzene rings is 2. The SMILES string of the molecule is CC[C@@H](C(=O)NCC(C)C)N(Cc1ccccc1Cl)C(=O)CN(c1cc(Cl)cc(Cl)c1)S(C)(=O)=O. The molecule has 2 rings (SSSR count). The van der Waals surface area contributed by atoms with Crippen molar-refractivity contribution in [1.29, 1.82) is 0 Å². The van der Waals surface area contributed by atoms with Gasteiger partial charge in [0.05, 0.1) is 11.9 Å². The molecule has 7 nitrogen and oxygen atoms in total. The van der Waals surface area contributed by atoms with Crippen molar-refractivity contribution in [3.63, 3.8) is 0 Å². The van der Waals surface area contributed by atoms with E-state index < -0.39 is 28.5 Å². The maximum atomic E-state index is 13.6. The smallest absolute Gasteiger partial charge is 0.244 e. The fourth-order valence-corrected chi connectivity index (χ4v) is 4.99. The number of rotatable bonds is 11. The van der Waals surface area contributed by atoms with Gasteiger partial charge in [0.1, 0.15) is 12.6 Å². The summed E-state index contributed by atoms with van der Waals surface area (Å²) >= 11 is 18.5. The van der Waals surface area contributed by atoms with E-state index in [0.29, 0.717) is 23.6 Å². The van der Waals surface area contributed by atoms with Gasteiger partial charge in [0.2, 0.25) is 21.8 Å². The molecule has 0 saturated heterocycles. The Hall–Kier alpha value is -2.00. The Balaban J connectivity index is 2.47. The first-order valence-electron chi connectivity index (χ1n) is 11.1. The van der Waals surface area contributed by atoms with E-state index in [1.165, 1.54) is 23.1 Å². The minimum atomic E-state index is -3.89. The number of carbonyl (C=O) groups is 2. The number of nitrogens with zero attached hydrogens (tertiary/aromatic N) is 2. The first kappa shape index (κ1) is 29.2. The van der Waals surface area contributed by atoms with Crippen LogP contribution in [0.4, 0.5) is 5.69 Å². The van der Waals surface area contributed by atoms with E-state index in [1.54, 1.807) is 31.2 Å². The van der Waals surface area contributed by atoms with Crippen LogP contribution in [0.25, 0.3) is 0 Å². The maximum absolute atomic E-state index is 13.6. The predicted molar refractivity (Wildman–Crippen MR) is 143 cm³/mol. The van der Waals surface area contributed by atoms with Crippen molar-refractivity contribution in [2.24, 2.45) is 5.92 Å². The Morgan fingerprint density at radius 3 is 2.14 bits per heavy atom. The summed E-state index contributed by atoms with van der Waals surface area (Å²) in [6, 6.07) is 10.4. The summed E-state index contributed by atoms with van der Waals surface area (Å²) in [5.41, 5.74) is 0.780. The second-order valence-corrected chi connectivity index (χ2v) is 11.8. The highest BCUT2D eigenvalue weighted by molar-refractivity contribution is 7.92. The number of hydrogen-bond acceptors (Lipinski definition) is 4. The average Bonchev–Trinajstić information content (AvgIpc) is 2.75. The van der Waals surface area contributed by atoms with Gasteiger partial charge in [-0.1, -0.05) is 73.8 Å². The molecule has 0 aromatic heterocycles. The van der Waals surface area contributed by atoms with Crippen molar-refractivity contribution in [3.05, 3.63) is 63.1 Å². The van der Waals surface area contributed by atoms with E-state index in [0.717, 1.165) is 10.6 Å². The van der Waals surface area contributed by atoms with Gasteiger partial charge >= 0.3 is 0 Å². The fourth-order valence-electron chi connectivity index (χ4n) is 3.45. The zero-order chi connectivity index (χ0) is 26.3. The monoisotopic (exact) mass is 561 g/mol. The van der Waals surface area contributed by atoms with Crippen molar-refractivity contribution >= 4 is 62.3 Å². The Labute approximate surface area is 222 Å². The van der Waals surface area contributed by atoms with E-state index in [2.05, 4.69) is 5.32 Å². The Bertz CT molecular complexity index is 1140. The van der Waals surface area contributed by atoms with Gasteiger partial charge < -0.3 is 10.2 Å². The van der Waals surface area contributed by atoms with Gasteiger partial charge in [-0.2, -0.15) is 0 Å². The van der Waals surface area contributed by atoms with Crippen LogP contribution in [0.3, 0.4) is 0 Å². The summed E-state index contributed by atoms with van der Waals surface area (Å²) in [6.07, 6.45) is 1.31. The highest BCUT2D eigenvalue weighted by atomic mass is 35.5. The van der Waals surface area contributed by atoms with E-state index in [4.69, 9.17) is 34.8 Å². The summed E-state index contributed by atoms with van der Waals surface area (Å²) in [6.45, 7) is 5.65. The van der Waals surface area contributed by atoms with Crippen LogP contribution in [-0.2, 0) is 26.2 Å². The molecule has 0 spiro atoms. The molecule has 0 heterocycles. The number of sulfonamides is 1. The highest BCUT2D eigenvalue weighted by Gasteiger charge is 2.32. The van der Waals surface area contributed by atoms with Crippen molar-refractivity contribution in [1.82, 2.24) is 10.2 Å². The molecule has 11 heteroatoms. The van der Waals surface area contributed by atoms with Crippen molar-refractivity contribution in [3.8, 4) is 0 Å². The van der Waals surface area contributed by atoms with E-state index in [9.17, 15) is 18.0 Å². The minimum absolute atomic E-state index is 0.0278. The van der Waals surface area contributed by atoms with Gasteiger partial charge in [0, 0.05) is 28.2 Å². The molecule has 192 valence electrons. The molecule has 0 aliphatic heterocycles. The number of anilines is 1. The molecular formula is C24H30Cl3N3O4S. The molecule has 0 unspecified atom stereocenters. The van der Waals surface area contributed by atoms with Gasteiger partial charge in [-0.15, -0.1) is 0 Å². The summed E-state index contributed by atoms with van der Waals surface area (Å²) in [5.74, 6) is -0.672. The average molecular weight is 563 g/mol. The third kappa shape index (κ3) is 8.56. The topological polar surface area (TPSA) is 86.8 Å². The quantitative estimate of drug-likeness (QED) is 0.418. The molecule has 2 aromatic rings. The zero-order valence-corrected chi connectivity index (χ0v) is 23.2. The Morgan fingerprint density at radius 2 is 1.63 bits per heavy atom. The molecule has 1 atom stereocenters. The summed E-state index contributed by atoms with van der Waals surface area (Å²) in [5, 5.41) is 3.75. The first-order chi connectivity index (χ1) is 16.3. The third-order valence-electron chi connectivity index (χ3n) is 5.18. The molecule has 0 aliphatic carbocycles. The standard InChI is InChI=1S/C24H30Cl3N3O4S/c1-5-22(24(32)28-13-16(2)3)29(14-17-8-6-7-9-21(17)27)23(31)15-30(35(4,33)34)20-11-18(25)10-19(26)12-20/h6-12,16,22H,5,13-15H2,1-4H3,(H,28,32)/t22-/m0/s1. The summed E-state index contributed by atoms with van der Waals surface area (Å²) in [7, 11) is -3.89. The van der Waals surface area contributed by atoms with E-state index in [-0.39, 0.29) is 34.1 Å². The van der Waals surface area contributed by atoms with Gasteiger partial charge in [-0.3, -0.25) is 13.9 Å². The second-order valence-electron chi connectivity index (χ2n) is 8.57. The van der Waals surface area contributed by atoms with Crippen LogP contribution >= 0.6 is 34.8 Å². The van der Waals surface area contributed by atoms with Gasteiger partial charge in [-0.05, 0) is 42.2 Å². The number of carbonyl (C=O) groups excluding carboxylic acids is 2. The molecule has 2 amide bonds. The van der Waals surface area contributed by atoms with Crippen molar-refractivity contribution in [2.75, 3.05) is 23.7 Å². The van der Waals surface area contributed by atoms with E-state index >= 15 is 0 Å². The third-order valence-corrected chi connectivity index (χ3v) is 7.13. The minimum Gasteiger partial charge on any atom is -0.354 e. The summed E-state index contributed by atoms with van der Waals surface area (Å²) < 4.78 is 26.2. The molecular weight excluding hydrogens is 533 g/mol. The van der Waals surface area contributed by atoms with Crippen LogP contribution in [-0.4, -0.2) is 50.5 Å². The largest absolute Gasteiger partial charge is 0.354 e. The van der Waals surface area contributed by atoms with Gasteiger partial charge in [0.15, 0.2) is 0 Å². The van der Waals surface area contributed by atoms with Crippen molar-refractivity contribution in [2.45, 2.75) is 39.8 Å². The Kier molecular flexibility index (Phi) is 10.7. The second kappa shape index (κ2) is 12.8. The predicted octanol–water partition coefficient (Wildman–Crippen LogP) is 4.99. The molecule has 0 saturated carbocycles. The number of halogens is 3. The molecule has 1 N–H and O–H groups in total. The number of nitrogens with one attached hydrogen (secondary N) is 1. The number of amides is 2. The Morgan fingerprint density at radius 1 is 1.03 bits per heavy atom. The zero-order valence-electron chi connectivity index (χ0n) is 20.1. The lowest BCUT2D eigenvalue weighted by atomic mass is 10.1. The van der Waals surface area contributed by atoms with Crippen LogP contribution in [0.15, 0.2) is 42.5 Å². The first-order valence-corrected chi connectivity index (χ1v) is 14.1. The molecule has 0 bridgehead atoms. The molecule has 2 aromatic carbocycles. The molecule has 0 fully saturated rings. The molecule has 35 heavy (non-hydrogen) atoms. The van der Waals surface area contributed by atoms with Crippen LogP contribution in [0.1, 0.15) is 32.8 Å². The number of hydrogen-bond donors (Lipinski definition) is 1. The normalized spacial score (nSPS) is 12.3. The van der Waals surface area contributed by atoms with Crippen LogP contribution in [0.2, 0.25) is 15.1 Å². The summed E-state index contributed by atoms with van der Waals surface area (Å²) in [4.78, 5) is 28.0.